The van der Waals surface area contributed by atoms with Crippen LogP contribution in [0.2, 0.25) is 0 Å². The van der Waals surface area contributed by atoms with Crippen molar-refractivity contribution in [2.24, 2.45) is 22.2 Å². The smallest absolute Gasteiger partial charge is 0.326 e. The molecule has 0 radical (unpaired) electrons. The molecule has 28 heavy (non-hydrogen) atoms. The highest BCUT2D eigenvalue weighted by molar-refractivity contribution is 5.92. The highest BCUT2D eigenvalue weighted by Crippen LogP contribution is 2.19. The fourth-order valence-electron chi connectivity index (χ4n) is 2.94. The number of rotatable bonds is 11. The molecule has 158 valence electrons. The first-order chi connectivity index (χ1) is 13.1. The Morgan fingerprint density at radius 3 is 2.43 bits per heavy atom. The molecule has 1 aliphatic heterocycles. The minimum absolute atomic E-state index is 0.0732. The quantitative estimate of drug-likeness (QED) is 0.126. The van der Waals surface area contributed by atoms with Crippen LogP contribution in [0, 0.1) is 0 Å². The van der Waals surface area contributed by atoms with Crippen molar-refractivity contribution in [2.45, 2.75) is 56.7 Å². The molecule has 1 fully saturated rings. The number of aliphatic carboxylic acids is 2. The Bertz CT molecular complexity index is 621. The maximum absolute atomic E-state index is 12.7. The van der Waals surface area contributed by atoms with Gasteiger partial charge in [-0.05, 0) is 32.1 Å². The normalized spacial score (nSPS) is 18.2. The average molecular weight is 400 g/mol. The summed E-state index contributed by atoms with van der Waals surface area (Å²) in [4.78, 5) is 52.2. The number of carboxylic acids is 2. The van der Waals surface area contributed by atoms with E-state index in [0.29, 0.717) is 25.8 Å². The lowest BCUT2D eigenvalue weighted by Crippen LogP contribution is -2.54. The van der Waals surface area contributed by atoms with Gasteiger partial charge in [0.1, 0.15) is 12.1 Å². The summed E-state index contributed by atoms with van der Waals surface area (Å²) >= 11 is 0. The van der Waals surface area contributed by atoms with Crippen LogP contribution in [-0.2, 0) is 19.2 Å². The largest absolute Gasteiger partial charge is 0.481 e. The fourth-order valence-corrected chi connectivity index (χ4v) is 2.94. The van der Waals surface area contributed by atoms with E-state index in [-0.39, 0.29) is 31.8 Å². The van der Waals surface area contributed by atoms with E-state index < -0.39 is 41.9 Å². The van der Waals surface area contributed by atoms with Crippen LogP contribution in [0.3, 0.4) is 0 Å². The van der Waals surface area contributed by atoms with Gasteiger partial charge in [0, 0.05) is 19.5 Å². The number of aliphatic imine (C=N–C) groups is 1. The molecule has 1 saturated heterocycles. The third-order valence-electron chi connectivity index (χ3n) is 4.39. The number of likely N-dealkylation sites (tertiary alicyclic amines) is 1. The third kappa shape index (κ3) is 7.39. The van der Waals surface area contributed by atoms with Crippen molar-refractivity contribution in [3.8, 4) is 0 Å². The molecule has 0 aromatic rings. The molecular weight excluding hydrogens is 372 g/mol. The van der Waals surface area contributed by atoms with Gasteiger partial charge < -0.3 is 37.6 Å². The van der Waals surface area contributed by atoms with Crippen molar-refractivity contribution in [2.75, 3.05) is 13.1 Å². The second kappa shape index (κ2) is 11.1. The Kier molecular flexibility index (Phi) is 9.15. The molecule has 1 rings (SSSR count). The van der Waals surface area contributed by atoms with Gasteiger partial charge in [0.2, 0.25) is 11.8 Å². The molecule has 3 unspecified atom stereocenters. The summed E-state index contributed by atoms with van der Waals surface area (Å²) in [7, 11) is 0. The molecule has 0 aromatic heterocycles. The predicted molar refractivity (Wildman–Crippen MR) is 99.1 cm³/mol. The Labute approximate surface area is 162 Å². The molecule has 0 bridgehead atoms. The van der Waals surface area contributed by atoms with E-state index in [2.05, 4.69) is 10.3 Å². The lowest BCUT2D eigenvalue weighted by Gasteiger charge is -2.27. The first kappa shape index (κ1) is 23.1. The van der Waals surface area contributed by atoms with Gasteiger partial charge in [-0.2, -0.15) is 0 Å². The van der Waals surface area contributed by atoms with Gasteiger partial charge >= 0.3 is 11.9 Å². The lowest BCUT2D eigenvalue weighted by molar-refractivity contribution is -0.150. The van der Waals surface area contributed by atoms with E-state index in [1.807, 2.05) is 0 Å². The van der Waals surface area contributed by atoms with Crippen molar-refractivity contribution in [3.63, 3.8) is 0 Å². The maximum atomic E-state index is 12.7. The number of carboxylic acid groups (broad SMARTS) is 2. The lowest BCUT2D eigenvalue weighted by atomic mass is 10.1. The summed E-state index contributed by atoms with van der Waals surface area (Å²) in [5.74, 6) is -3.59. The summed E-state index contributed by atoms with van der Waals surface area (Å²) in [5, 5.41) is 20.6. The molecule has 0 aromatic carbocycles. The summed E-state index contributed by atoms with van der Waals surface area (Å²) in [6.45, 7) is 0.526. The van der Waals surface area contributed by atoms with Gasteiger partial charge in [0.25, 0.3) is 0 Å². The summed E-state index contributed by atoms with van der Waals surface area (Å²) < 4.78 is 0. The number of amides is 2. The van der Waals surface area contributed by atoms with Crippen molar-refractivity contribution in [1.29, 1.82) is 0 Å². The topological polar surface area (TPSA) is 214 Å². The number of carbonyl (C=O) groups excluding carboxylic acids is 2. The maximum Gasteiger partial charge on any atom is 0.326 e. The van der Waals surface area contributed by atoms with Crippen LogP contribution in [0.5, 0.6) is 0 Å². The second-order valence-corrected chi connectivity index (χ2v) is 6.58. The van der Waals surface area contributed by atoms with Crippen LogP contribution < -0.4 is 22.5 Å². The summed E-state index contributed by atoms with van der Waals surface area (Å²) in [6, 6.07) is -3.08. The van der Waals surface area contributed by atoms with Gasteiger partial charge in [-0.1, -0.05) is 0 Å². The van der Waals surface area contributed by atoms with Gasteiger partial charge in [-0.25, -0.2) is 4.79 Å². The highest BCUT2D eigenvalue weighted by atomic mass is 16.4. The molecule has 2 amide bonds. The number of nitrogens with zero attached hydrogens (tertiary/aromatic N) is 2. The molecule has 3 atom stereocenters. The van der Waals surface area contributed by atoms with Crippen LogP contribution in [0.25, 0.3) is 0 Å². The van der Waals surface area contributed by atoms with Crippen LogP contribution in [0.4, 0.5) is 0 Å². The van der Waals surface area contributed by atoms with Crippen LogP contribution >= 0.6 is 0 Å². The summed E-state index contributed by atoms with van der Waals surface area (Å²) in [5.41, 5.74) is 16.2. The second-order valence-electron chi connectivity index (χ2n) is 6.58. The Morgan fingerprint density at radius 2 is 1.86 bits per heavy atom. The fraction of sp³-hybridized carbons (Fsp3) is 0.688. The highest BCUT2D eigenvalue weighted by Gasteiger charge is 2.38. The minimum Gasteiger partial charge on any atom is -0.481 e. The number of guanidine groups is 1. The van der Waals surface area contributed by atoms with Crippen LogP contribution in [0.15, 0.2) is 4.99 Å². The SMILES string of the molecule is NC(N)=NCCCC(N)C(=O)NC(CCC(=O)O)C(=O)N1CCCC1C(=O)O. The Morgan fingerprint density at radius 1 is 1.18 bits per heavy atom. The van der Waals surface area contributed by atoms with Crippen molar-refractivity contribution >= 4 is 29.7 Å². The number of nitrogens with two attached hydrogens (primary N) is 3. The van der Waals surface area contributed by atoms with Gasteiger partial charge in [0.05, 0.1) is 6.04 Å². The first-order valence-corrected chi connectivity index (χ1v) is 9.00. The van der Waals surface area contributed by atoms with E-state index in [0.717, 1.165) is 0 Å². The van der Waals surface area contributed by atoms with Gasteiger partial charge in [-0.15, -0.1) is 0 Å². The molecule has 1 aliphatic rings. The van der Waals surface area contributed by atoms with Crippen molar-refractivity contribution in [3.05, 3.63) is 0 Å². The molecule has 12 nitrogen and oxygen atoms in total. The molecular formula is C16H28N6O6. The van der Waals surface area contributed by atoms with Crippen LogP contribution in [-0.4, -0.2) is 76.0 Å². The van der Waals surface area contributed by atoms with E-state index in [1.165, 1.54) is 4.90 Å². The zero-order valence-corrected chi connectivity index (χ0v) is 15.5. The first-order valence-electron chi connectivity index (χ1n) is 9.00. The molecule has 12 heteroatoms. The number of nitrogens with one attached hydrogen (secondary N) is 1. The molecule has 9 N–H and O–H groups in total. The zero-order chi connectivity index (χ0) is 21.3. The molecule has 1 heterocycles. The zero-order valence-electron chi connectivity index (χ0n) is 15.5. The Hall–Kier alpha value is -2.89. The Balaban J connectivity index is 2.73. The van der Waals surface area contributed by atoms with Gasteiger partial charge in [0.15, 0.2) is 5.96 Å². The molecule has 0 saturated carbocycles. The third-order valence-corrected chi connectivity index (χ3v) is 4.39. The van der Waals surface area contributed by atoms with E-state index in [9.17, 15) is 24.3 Å². The van der Waals surface area contributed by atoms with Crippen molar-refractivity contribution in [1.82, 2.24) is 10.2 Å². The minimum atomic E-state index is -1.16. The number of hydrogen-bond acceptors (Lipinski definition) is 6. The van der Waals surface area contributed by atoms with Crippen molar-refractivity contribution < 1.29 is 29.4 Å². The predicted octanol–water partition coefficient (Wildman–Crippen LogP) is -2.21. The van der Waals surface area contributed by atoms with Gasteiger partial charge in [-0.3, -0.25) is 19.4 Å². The van der Waals surface area contributed by atoms with E-state index in [4.69, 9.17) is 22.3 Å². The van der Waals surface area contributed by atoms with E-state index in [1.54, 1.807) is 0 Å². The van der Waals surface area contributed by atoms with E-state index >= 15 is 0 Å². The molecule has 0 aliphatic carbocycles. The monoisotopic (exact) mass is 400 g/mol. The number of hydrogen-bond donors (Lipinski definition) is 6. The molecule has 0 spiro atoms. The average Bonchev–Trinajstić information content (AvgIpc) is 3.10. The van der Waals surface area contributed by atoms with Crippen LogP contribution in [0.1, 0.15) is 38.5 Å². The standard InChI is InChI=1S/C16H28N6O6/c17-9(3-1-7-20-16(18)19)13(25)21-10(5-6-12(23)24)14(26)22-8-2-4-11(22)15(27)28/h9-11H,1-8,17H2,(H,21,25)(H,23,24)(H,27,28)(H4,18,19,20). The summed E-state index contributed by atoms with van der Waals surface area (Å²) in [6.07, 6.45) is 1.00. The number of carbonyl (C=O) groups is 4.